The lowest BCUT2D eigenvalue weighted by Crippen LogP contribution is -1.95. The van der Waals surface area contributed by atoms with Crippen LogP contribution in [0, 0.1) is 11.3 Å². The highest BCUT2D eigenvalue weighted by molar-refractivity contribution is 6.47. The molecule has 0 unspecified atom stereocenters. The molecular formula is C18H6Cl6N2. The van der Waals surface area contributed by atoms with Crippen LogP contribution in [0.5, 0.6) is 0 Å². The first-order valence-electron chi connectivity index (χ1n) is 7.02. The third kappa shape index (κ3) is 3.37. The van der Waals surface area contributed by atoms with Crippen molar-refractivity contribution in [3.63, 3.8) is 0 Å². The summed E-state index contributed by atoms with van der Waals surface area (Å²) in [6.45, 7) is 0. The predicted octanol–water partition coefficient (Wildman–Crippen LogP) is 8.21. The van der Waals surface area contributed by atoms with E-state index >= 15 is 0 Å². The zero-order valence-corrected chi connectivity index (χ0v) is 17.2. The van der Waals surface area contributed by atoms with Gasteiger partial charge in [0.25, 0.3) is 0 Å². The smallest absolute Gasteiger partial charge is 0.101 e. The summed E-state index contributed by atoms with van der Waals surface area (Å²) in [6.07, 6.45) is 2.97. The van der Waals surface area contributed by atoms with Gasteiger partial charge in [0.2, 0.25) is 0 Å². The Labute approximate surface area is 179 Å². The van der Waals surface area contributed by atoms with Crippen molar-refractivity contribution >= 4 is 69.6 Å². The van der Waals surface area contributed by atoms with Crippen molar-refractivity contribution in [2.24, 2.45) is 0 Å². The summed E-state index contributed by atoms with van der Waals surface area (Å²) >= 11 is 37.4. The lowest BCUT2D eigenvalue weighted by molar-refractivity contribution is 1.31. The molecule has 2 nitrogen and oxygen atoms in total. The van der Waals surface area contributed by atoms with E-state index in [0.29, 0.717) is 42.3 Å². The first-order chi connectivity index (χ1) is 12.4. The first-order valence-corrected chi connectivity index (χ1v) is 9.29. The zero-order valence-electron chi connectivity index (χ0n) is 12.6. The average Bonchev–Trinajstić information content (AvgIpc) is 2.62. The molecule has 0 bridgehead atoms. The zero-order chi connectivity index (χ0) is 19.0. The lowest BCUT2D eigenvalue weighted by atomic mass is 9.95. The number of benzene rings is 2. The minimum Gasteiger partial charge on any atom is -0.263 e. The predicted molar refractivity (Wildman–Crippen MR) is 110 cm³/mol. The van der Waals surface area contributed by atoms with Crippen LogP contribution in [0.4, 0.5) is 0 Å². The third-order valence-electron chi connectivity index (χ3n) is 3.68. The first kappa shape index (κ1) is 19.6. The molecule has 3 rings (SSSR count). The molecule has 1 aromatic heterocycles. The minimum absolute atomic E-state index is 0.220. The maximum atomic E-state index is 9.81. The number of halogens is 6. The second kappa shape index (κ2) is 7.82. The van der Waals surface area contributed by atoms with E-state index in [9.17, 15) is 5.26 Å². The van der Waals surface area contributed by atoms with Gasteiger partial charge in [-0.05, 0) is 24.3 Å². The summed E-state index contributed by atoms with van der Waals surface area (Å²) in [5, 5.41) is 11.5. The van der Waals surface area contributed by atoms with Crippen LogP contribution >= 0.6 is 69.6 Å². The number of hydrogen-bond acceptors (Lipinski definition) is 2. The second-order valence-corrected chi connectivity index (χ2v) is 7.54. The molecule has 0 N–H and O–H groups in total. The summed E-state index contributed by atoms with van der Waals surface area (Å²) in [5.74, 6) is 0. The number of rotatable bonds is 2. The molecule has 130 valence electrons. The number of pyridine rings is 1. The highest BCUT2D eigenvalue weighted by Gasteiger charge is 2.22. The standard InChI is InChI=1S/C18H6Cl6N2/c19-11-1-3-13(21)17(23)15(11)9-6-26-7-10(8(9)5-25)16-12(20)2-4-14(22)18(16)24/h1-4,6-7H. The van der Waals surface area contributed by atoms with Gasteiger partial charge < -0.3 is 0 Å². The fraction of sp³-hybridized carbons (Fsp3) is 0. The van der Waals surface area contributed by atoms with Crippen LogP contribution in [0.2, 0.25) is 30.1 Å². The van der Waals surface area contributed by atoms with Crippen molar-refractivity contribution in [2.75, 3.05) is 0 Å². The molecule has 0 saturated carbocycles. The molecule has 0 aliphatic heterocycles. The molecule has 0 radical (unpaired) electrons. The molecule has 0 aliphatic carbocycles. The van der Waals surface area contributed by atoms with Gasteiger partial charge in [0.05, 0.1) is 35.7 Å². The Bertz CT molecular complexity index is 997. The van der Waals surface area contributed by atoms with E-state index in [-0.39, 0.29) is 15.6 Å². The Hall–Kier alpha value is -1.18. The number of nitrogens with zero attached hydrogens (tertiary/aromatic N) is 2. The molecule has 1 heterocycles. The van der Waals surface area contributed by atoms with Gasteiger partial charge in [-0.1, -0.05) is 69.6 Å². The van der Waals surface area contributed by atoms with Crippen LogP contribution in [0.25, 0.3) is 22.3 Å². The normalized spacial score (nSPS) is 10.7. The van der Waals surface area contributed by atoms with Crippen LogP contribution in [-0.2, 0) is 0 Å². The summed E-state index contributed by atoms with van der Waals surface area (Å²) < 4.78 is 0. The van der Waals surface area contributed by atoms with Crippen molar-refractivity contribution in [2.45, 2.75) is 0 Å². The molecule has 0 spiro atoms. The molecule has 0 amide bonds. The number of nitriles is 1. The van der Waals surface area contributed by atoms with Gasteiger partial charge in [-0.15, -0.1) is 0 Å². The van der Waals surface area contributed by atoms with Crippen molar-refractivity contribution in [1.29, 1.82) is 5.26 Å². The molecule has 0 saturated heterocycles. The maximum absolute atomic E-state index is 9.81. The average molecular weight is 463 g/mol. The quantitative estimate of drug-likeness (QED) is 0.360. The summed E-state index contributed by atoms with van der Waals surface area (Å²) in [7, 11) is 0. The van der Waals surface area contributed by atoms with Crippen molar-refractivity contribution in [3.8, 4) is 28.3 Å². The van der Waals surface area contributed by atoms with Crippen molar-refractivity contribution in [3.05, 3.63) is 72.4 Å². The van der Waals surface area contributed by atoms with E-state index in [1.807, 2.05) is 0 Å². The van der Waals surface area contributed by atoms with Gasteiger partial charge >= 0.3 is 0 Å². The van der Waals surface area contributed by atoms with Gasteiger partial charge in [-0.25, -0.2) is 0 Å². The fourth-order valence-electron chi connectivity index (χ4n) is 2.51. The van der Waals surface area contributed by atoms with Gasteiger partial charge in [0.1, 0.15) is 6.07 Å². The highest BCUT2D eigenvalue weighted by atomic mass is 35.5. The largest absolute Gasteiger partial charge is 0.263 e. The van der Waals surface area contributed by atoms with Gasteiger partial charge in [-0.3, -0.25) is 4.98 Å². The van der Waals surface area contributed by atoms with Crippen molar-refractivity contribution < 1.29 is 0 Å². The summed E-state index contributed by atoms with van der Waals surface area (Å²) in [4.78, 5) is 4.20. The Balaban J connectivity index is 2.39. The molecule has 26 heavy (non-hydrogen) atoms. The highest BCUT2D eigenvalue weighted by Crippen LogP contribution is 2.45. The van der Waals surface area contributed by atoms with Gasteiger partial charge in [0, 0.05) is 34.6 Å². The number of hydrogen-bond donors (Lipinski definition) is 0. The summed E-state index contributed by atoms with van der Waals surface area (Å²) in [5.41, 5.74) is 1.88. The molecular weight excluding hydrogens is 457 g/mol. The Kier molecular flexibility index (Phi) is 5.89. The monoisotopic (exact) mass is 460 g/mol. The molecule has 0 atom stereocenters. The Morgan fingerprint density at radius 3 is 1.42 bits per heavy atom. The van der Waals surface area contributed by atoms with E-state index in [1.54, 1.807) is 24.3 Å². The number of aromatic nitrogens is 1. The van der Waals surface area contributed by atoms with Crippen LogP contribution in [0.3, 0.4) is 0 Å². The van der Waals surface area contributed by atoms with Gasteiger partial charge in [0.15, 0.2) is 0 Å². The molecule has 3 aromatic rings. The van der Waals surface area contributed by atoms with E-state index < -0.39 is 0 Å². The fourth-order valence-corrected chi connectivity index (χ4v) is 3.97. The van der Waals surface area contributed by atoms with E-state index in [4.69, 9.17) is 69.6 Å². The van der Waals surface area contributed by atoms with Crippen LogP contribution in [0.1, 0.15) is 5.56 Å². The second-order valence-electron chi connectivity index (χ2n) is 5.16. The van der Waals surface area contributed by atoms with E-state index in [0.717, 1.165) is 0 Å². The maximum Gasteiger partial charge on any atom is 0.101 e. The van der Waals surface area contributed by atoms with Crippen molar-refractivity contribution in [1.82, 2.24) is 4.98 Å². The summed E-state index contributed by atoms with van der Waals surface area (Å²) in [6, 6.07) is 8.49. The van der Waals surface area contributed by atoms with Gasteiger partial charge in [-0.2, -0.15) is 5.26 Å². The lowest BCUT2D eigenvalue weighted by Gasteiger charge is -2.15. The molecule has 0 fully saturated rings. The third-order valence-corrected chi connectivity index (χ3v) is 5.92. The van der Waals surface area contributed by atoms with Crippen LogP contribution in [-0.4, -0.2) is 4.98 Å². The minimum atomic E-state index is 0.220. The van der Waals surface area contributed by atoms with E-state index in [2.05, 4.69) is 11.1 Å². The Morgan fingerprint density at radius 1 is 0.654 bits per heavy atom. The topological polar surface area (TPSA) is 36.7 Å². The molecule has 2 aromatic carbocycles. The molecule has 8 heteroatoms. The van der Waals surface area contributed by atoms with Crippen LogP contribution < -0.4 is 0 Å². The molecule has 0 aliphatic rings. The SMILES string of the molecule is N#Cc1c(-c2c(Cl)ccc(Cl)c2Cl)cncc1-c1c(Cl)ccc(Cl)c1Cl. The van der Waals surface area contributed by atoms with E-state index in [1.165, 1.54) is 12.4 Å². The van der Waals surface area contributed by atoms with Crippen LogP contribution in [0.15, 0.2) is 36.7 Å². The Morgan fingerprint density at radius 2 is 1.04 bits per heavy atom.